The summed E-state index contributed by atoms with van der Waals surface area (Å²) in [6.07, 6.45) is 5.92. The number of hydrogen-bond donors (Lipinski definition) is 0. The molecule has 0 heterocycles. The van der Waals surface area contributed by atoms with Crippen molar-refractivity contribution in [3.05, 3.63) is 40.8 Å². The molecule has 0 aromatic heterocycles. The number of hydrogen-bond acceptors (Lipinski definition) is 2. The molecule has 0 saturated heterocycles. The fourth-order valence-electron chi connectivity index (χ4n) is 1.42. The Morgan fingerprint density at radius 2 is 2.13 bits per heavy atom. The highest BCUT2D eigenvalue weighted by Gasteiger charge is 2.11. The number of terminal acetylenes is 1. The second-order valence-electron chi connectivity index (χ2n) is 3.42. The third kappa shape index (κ3) is 3.43. The summed E-state index contributed by atoms with van der Waals surface area (Å²) in [7, 11) is 0. The first-order valence-electron chi connectivity index (χ1n) is 4.85. The molecule has 0 saturated carbocycles. The van der Waals surface area contributed by atoms with Crippen LogP contribution >= 0.6 is 0 Å². The molecule has 1 atom stereocenters. The zero-order valence-corrected chi connectivity index (χ0v) is 8.76. The highest BCUT2D eigenvalue weighted by Crippen LogP contribution is 2.08. The van der Waals surface area contributed by atoms with Gasteiger partial charge in [-0.25, -0.2) is 5.01 Å². The molecular weight excluding hydrogens is 188 g/mol. The number of nitrogens with zero attached hydrogens (tertiary/aromatic N) is 2. The van der Waals surface area contributed by atoms with Crippen molar-refractivity contribution in [1.82, 2.24) is 5.01 Å². The standard InChI is InChI=1S/C12H14N2O/c1-3-9-14(13-15)11(2)10-12-7-5-4-6-8-12/h1,4-8,11H,9-10H2,2H3/t11-/m1/s1. The van der Waals surface area contributed by atoms with Crippen LogP contribution in [0.2, 0.25) is 0 Å². The molecule has 0 N–H and O–H groups in total. The summed E-state index contributed by atoms with van der Waals surface area (Å²) in [6, 6.07) is 9.99. The average molecular weight is 202 g/mol. The van der Waals surface area contributed by atoms with Crippen molar-refractivity contribution < 1.29 is 0 Å². The van der Waals surface area contributed by atoms with Crippen molar-refractivity contribution >= 4 is 0 Å². The lowest BCUT2D eigenvalue weighted by molar-refractivity contribution is 0.241. The third-order valence-corrected chi connectivity index (χ3v) is 2.24. The van der Waals surface area contributed by atoms with Gasteiger partial charge < -0.3 is 0 Å². The minimum atomic E-state index is 0.0287. The SMILES string of the molecule is C#CCN(N=O)[C@H](C)Cc1ccccc1. The Kier molecular flexibility index (Phi) is 4.36. The van der Waals surface area contributed by atoms with Gasteiger partial charge in [0.2, 0.25) is 0 Å². The molecule has 0 amide bonds. The smallest absolute Gasteiger partial charge is 0.100 e. The minimum Gasteiger partial charge on any atom is -0.246 e. The van der Waals surface area contributed by atoms with Crippen molar-refractivity contribution in [2.75, 3.05) is 6.54 Å². The molecule has 1 aromatic carbocycles. The molecule has 3 heteroatoms. The third-order valence-electron chi connectivity index (χ3n) is 2.24. The minimum absolute atomic E-state index is 0.0287. The number of benzene rings is 1. The second kappa shape index (κ2) is 5.82. The quantitative estimate of drug-likeness (QED) is 0.416. The maximum absolute atomic E-state index is 10.5. The Labute approximate surface area is 90.0 Å². The largest absolute Gasteiger partial charge is 0.246 e. The summed E-state index contributed by atoms with van der Waals surface area (Å²) in [4.78, 5) is 10.5. The maximum atomic E-state index is 10.5. The molecular formula is C12H14N2O. The number of rotatable bonds is 5. The Morgan fingerprint density at radius 3 is 2.67 bits per heavy atom. The van der Waals surface area contributed by atoms with Gasteiger partial charge in [-0.3, -0.25) is 0 Å². The van der Waals surface area contributed by atoms with Crippen LogP contribution in [0.3, 0.4) is 0 Å². The van der Waals surface area contributed by atoms with Crippen LogP contribution in [-0.4, -0.2) is 17.6 Å². The molecule has 1 aromatic rings. The van der Waals surface area contributed by atoms with E-state index in [1.165, 1.54) is 10.6 Å². The summed E-state index contributed by atoms with van der Waals surface area (Å²) in [5.41, 5.74) is 1.18. The lowest BCUT2D eigenvalue weighted by Crippen LogP contribution is -2.29. The molecule has 0 bridgehead atoms. The van der Waals surface area contributed by atoms with Gasteiger partial charge in [-0.1, -0.05) is 36.3 Å². The first kappa shape index (κ1) is 11.3. The summed E-state index contributed by atoms with van der Waals surface area (Å²) in [5, 5.41) is 4.30. The highest BCUT2D eigenvalue weighted by molar-refractivity contribution is 5.15. The van der Waals surface area contributed by atoms with Gasteiger partial charge in [-0.15, -0.1) is 11.3 Å². The van der Waals surface area contributed by atoms with Gasteiger partial charge in [-0.2, -0.15) is 0 Å². The van der Waals surface area contributed by atoms with Gasteiger partial charge in [0.25, 0.3) is 0 Å². The van der Waals surface area contributed by atoms with Crippen LogP contribution in [-0.2, 0) is 6.42 Å². The van der Waals surface area contributed by atoms with Crippen molar-refractivity contribution in [2.45, 2.75) is 19.4 Å². The predicted molar refractivity (Wildman–Crippen MR) is 60.9 cm³/mol. The van der Waals surface area contributed by atoms with Crippen molar-refractivity contribution in [1.29, 1.82) is 0 Å². The first-order chi connectivity index (χ1) is 7.27. The van der Waals surface area contributed by atoms with E-state index in [1.807, 2.05) is 37.3 Å². The first-order valence-corrected chi connectivity index (χ1v) is 4.85. The van der Waals surface area contributed by atoms with E-state index in [0.29, 0.717) is 0 Å². The van der Waals surface area contributed by atoms with E-state index in [0.717, 1.165) is 6.42 Å². The van der Waals surface area contributed by atoms with Gasteiger partial charge in [-0.05, 0) is 18.9 Å². The van der Waals surface area contributed by atoms with Crippen LogP contribution in [0.25, 0.3) is 0 Å². The molecule has 0 fully saturated rings. The van der Waals surface area contributed by atoms with E-state index in [1.54, 1.807) is 0 Å². The fraction of sp³-hybridized carbons (Fsp3) is 0.333. The Bertz CT molecular complexity index is 342. The monoisotopic (exact) mass is 202 g/mol. The van der Waals surface area contributed by atoms with Crippen LogP contribution < -0.4 is 0 Å². The molecule has 0 aliphatic heterocycles. The van der Waals surface area contributed by atoms with Crippen molar-refractivity contribution in [2.24, 2.45) is 5.29 Å². The van der Waals surface area contributed by atoms with Gasteiger partial charge in [0.1, 0.15) is 6.54 Å². The molecule has 3 nitrogen and oxygen atoms in total. The van der Waals surface area contributed by atoms with E-state index in [2.05, 4.69) is 11.2 Å². The van der Waals surface area contributed by atoms with E-state index in [-0.39, 0.29) is 12.6 Å². The van der Waals surface area contributed by atoms with Crippen molar-refractivity contribution in [3.8, 4) is 12.3 Å². The maximum Gasteiger partial charge on any atom is 0.100 e. The average Bonchev–Trinajstić information content (AvgIpc) is 2.27. The van der Waals surface area contributed by atoms with Crippen molar-refractivity contribution in [3.63, 3.8) is 0 Å². The topological polar surface area (TPSA) is 32.7 Å². The molecule has 1 rings (SSSR count). The molecule has 78 valence electrons. The summed E-state index contributed by atoms with van der Waals surface area (Å²) in [5.74, 6) is 2.42. The zero-order chi connectivity index (χ0) is 11.1. The Hall–Kier alpha value is -1.82. The van der Waals surface area contributed by atoms with Crippen LogP contribution in [0.5, 0.6) is 0 Å². The molecule has 0 radical (unpaired) electrons. The van der Waals surface area contributed by atoms with E-state index >= 15 is 0 Å². The summed E-state index contributed by atoms with van der Waals surface area (Å²) < 4.78 is 0. The highest BCUT2D eigenvalue weighted by atomic mass is 16.3. The predicted octanol–water partition coefficient (Wildman–Crippen LogP) is 2.23. The zero-order valence-electron chi connectivity index (χ0n) is 8.76. The summed E-state index contributed by atoms with van der Waals surface area (Å²) in [6.45, 7) is 2.20. The van der Waals surface area contributed by atoms with Gasteiger partial charge in [0.15, 0.2) is 0 Å². The summed E-state index contributed by atoms with van der Waals surface area (Å²) >= 11 is 0. The van der Waals surface area contributed by atoms with Gasteiger partial charge in [0, 0.05) is 0 Å². The van der Waals surface area contributed by atoms with Gasteiger partial charge in [0.05, 0.1) is 11.3 Å². The lowest BCUT2D eigenvalue weighted by Gasteiger charge is -2.20. The van der Waals surface area contributed by atoms with Crippen LogP contribution in [0, 0.1) is 17.3 Å². The lowest BCUT2D eigenvalue weighted by atomic mass is 10.1. The van der Waals surface area contributed by atoms with E-state index in [9.17, 15) is 4.91 Å². The van der Waals surface area contributed by atoms with Gasteiger partial charge >= 0.3 is 0 Å². The molecule has 0 unspecified atom stereocenters. The van der Waals surface area contributed by atoms with Crippen LogP contribution in [0.15, 0.2) is 35.6 Å². The van der Waals surface area contributed by atoms with E-state index in [4.69, 9.17) is 6.42 Å². The normalized spacial score (nSPS) is 11.5. The number of nitroso groups, excluding NO2 is 1. The Balaban J connectivity index is 2.58. The Morgan fingerprint density at radius 1 is 1.47 bits per heavy atom. The molecule has 15 heavy (non-hydrogen) atoms. The molecule has 0 aliphatic carbocycles. The van der Waals surface area contributed by atoms with Crippen LogP contribution in [0.4, 0.5) is 0 Å². The fourth-order valence-corrected chi connectivity index (χ4v) is 1.42. The molecule has 0 aliphatic rings. The molecule has 0 spiro atoms. The second-order valence-corrected chi connectivity index (χ2v) is 3.42. The van der Waals surface area contributed by atoms with E-state index < -0.39 is 0 Å². The van der Waals surface area contributed by atoms with Crippen LogP contribution in [0.1, 0.15) is 12.5 Å².